The molecule has 1 rings (SSSR count). The summed E-state index contributed by atoms with van der Waals surface area (Å²) in [5.74, 6) is 0. The van der Waals surface area contributed by atoms with Gasteiger partial charge in [0.25, 0.3) is 0 Å². The third-order valence-electron chi connectivity index (χ3n) is 2.81. The number of methoxy groups -OCH3 is 1. The zero-order valence-corrected chi connectivity index (χ0v) is 10.3. The van der Waals surface area contributed by atoms with Gasteiger partial charge < -0.3 is 15.4 Å². The lowest BCUT2D eigenvalue weighted by molar-refractivity contribution is 0.151. The second-order valence-corrected chi connectivity index (χ2v) is 3.88. The second-order valence-electron chi connectivity index (χ2n) is 3.88. The standard InChI is InChI=1S/C13H22N2O/c1-3-15(10-11-16-2)9-8-12-6-4-5-7-13(12)14/h4-7H,3,8-11,14H2,1-2H3. The molecule has 90 valence electrons. The van der Waals surface area contributed by atoms with Crippen LogP contribution in [0.2, 0.25) is 0 Å². The molecule has 3 heteroatoms. The van der Waals surface area contributed by atoms with Crippen molar-refractivity contribution >= 4 is 5.69 Å². The van der Waals surface area contributed by atoms with Crippen LogP contribution in [0.25, 0.3) is 0 Å². The average Bonchev–Trinajstić information content (AvgIpc) is 2.31. The lowest BCUT2D eigenvalue weighted by Gasteiger charge is -2.20. The molecule has 3 nitrogen and oxygen atoms in total. The summed E-state index contributed by atoms with van der Waals surface area (Å²) in [7, 11) is 1.74. The number of likely N-dealkylation sites (N-methyl/N-ethyl adjacent to an activating group) is 1. The summed E-state index contributed by atoms with van der Waals surface area (Å²) in [6.07, 6.45) is 1.00. The SMILES string of the molecule is CCN(CCOC)CCc1ccccc1N. The lowest BCUT2D eigenvalue weighted by Crippen LogP contribution is -2.29. The molecule has 0 atom stereocenters. The van der Waals surface area contributed by atoms with Crippen LogP contribution in [-0.4, -0.2) is 38.3 Å². The Morgan fingerprint density at radius 2 is 2.00 bits per heavy atom. The maximum Gasteiger partial charge on any atom is 0.0589 e. The first kappa shape index (κ1) is 13.0. The molecule has 0 aliphatic heterocycles. The summed E-state index contributed by atoms with van der Waals surface area (Å²) in [5, 5.41) is 0. The fraction of sp³-hybridized carbons (Fsp3) is 0.538. The van der Waals surface area contributed by atoms with E-state index in [9.17, 15) is 0 Å². The van der Waals surface area contributed by atoms with E-state index in [1.807, 2.05) is 18.2 Å². The molecule has 1 aromatic rings. The van der Waals surface area contributed by atoms with E-state index in [2.05, 4.69) is 17.9 Å². The van der Waals surface area contributed by atoms with Crippen molar-refractivity contribution in [2.24, 2.45) is 0 Å². The zero-order valence-electron chi connectivity index (χ0n) is 10.3. The highest BCUT2D eigenvalue weighted by Crippen LogP contribution is 2.11. The number of para-hydroxylation sites is 1. The molecule has 0 spiro atoms. The van der Waals surface area contributed by atoms with Crippen molar-refractivity contribution in [1.82, 2.24) is 4.90 Å². The van der Waals surface area contributed by atoms with Crippen molar-refractivity contribution < 1.29 is 4.74 Å². The largest absolute Gasteiger partial charge is 0.399 e. The smallest absolute Gasteiger partial charge is 0.0589 e. The molecular weight excluding hydrogens is 200 g/mol. The van der Waals surface area contributed by atoms with Crippen LogP contribution in [-0.2, 0) is 11.2 Å². The first-order valence-electron chi connectivity index (χ1n) is 5.82. The topological polar surface area (TPSA) is 38.5 Å². The lowest BCUT2D eigenvalue weighted by atomic mass is 10.1. The minimum absolute atomic E-state index is 0.790. The first-order valence-corrected chi connectivity index (χ1v) is 5.82. The first-order chi connectivity index (χ1) is 7.77. The monoisotopic (exact) mass is 222 g/mol. The summed E-state index contributed by atoms with van der Waals surface area (Å²) in [5.41, 5.74) is 8.03. The van der Waals surface area contributed by atoms with Crippen LogP contribution in [0.4, 0.5) is 5.69 Å². The van der Waals surface area contributed by atoms with Gasteiger partial charge in [0.05, 0.1) is 6.61 Å². The van der Waals surface area contributed by atoms with Crippen molar-refractivity contribution in [2.45, 2.75) is 13.3 Å². The highest BCUT2D eigenvalue weighted by atomic mass is 16.5. The summed E-state index contributed by atoms with van der Waals surface area (Å²) in [6.45, 7) is 6.03. The van der Waals surface area contributed by atoms with Crippen molar-refractivity contribution in [3.63, 3.8) is 0 Å². The molecule has 0 radical (unpaired) electrons. The van der Waals surface area contributed by atoms with Crippen molar-refractivity contribution in [3.8, 4) is 0 Å². The number of anilines is 1. The van der Waals surface area contributed by atoms with E-state index in [0.29, 0.717) is 0 Å². The maximum atomic E-state index is 5.91. The van der Waals surface area contributed by atoms with Gasteiger partial charge >= 0.3 is 0 Å². The van der Waals surface area contributed by atoms with Gasteiger partial charge in [-0.2, -0.15) is 0 Å². The Kier molecular flexibility index (Phi) is 5.90. The van der Waals surface area contributed by atoms with Crippen LogP contribution in [0, 0.1) is 0 Å². The highest BCUT2D eigenvalue weighted by Gasteiger charge is 2.03. The summed E-state index contributed by atoms with van der Waals surface area (Å²) >= 11 is 0. The van der Waals surface area contributed by atoms with E-state index in [1.54, 1.807) is 7.11 Å². The van der Waals surface area contributed by atoms with Crippen LogP contribution in [0.5, 0.6) is 0 Å². The minimum Gasteiger partial charge on any atom is -0.399 e. The van der Waals surface area contributed by atoms with Crippen LogP contribution in [0.3, 0.4) is 0 Å². The van der Waals surface area contributed by atoms with Gasteiger partial charge in [-0.15, -0.1) is 0 Å². The fourth-order valence-electron chi connectivity index (χ4n) is 1.69. The summed E-state index contributed by atoms with van der Waals surface area (Å²) in [6, 6.07) is 8.07. The predicted molar refractivity (Wildman–Crippen MR) is 68.5 cm³/mol. The van der Waals surface area contributed by atoms with Gasteiger partial charge in [0.15, 0.2) is 0 Å². The summed E-state index contributed by atoms with van der Waals surface area (Å²) < 4.78 is 5.08. The van der Waals surface area contributed by atoms with Crippen molar-refractivity contribution in [2.75, 3.05) is 39.1 Å². The van der Waals surface area contributed by atoms with E-state index < -0.39 is 0 Å². The van der Waals surface area contributed by atoms with E-state index >= 15 is 0 Å². The predicted octanol–water partition coefficient (Wildman–Crippen LogP) is 1.78. The number of rotatable bonds is 7. The molecule has 0 bridgehead atoms. The normalized spacial score (nSPS) is 10.9. The number of nitrogens with zero attached hydrogens (tertiary/aromatic N) is 1. The molecule has 1 aromatic carbocycles. The van der Waals surface area contributed by atoms with E-state index in [-0.39, 0.29) is 0 Å². The molecule has 0 aliphatic carbocycles. The number of ether oxygens (including phenoxy) is 1. The fourth-order valence-corrected chi connectivity index (χ4v) is 1.69. The molecule has 16 heavy (non-hydrogen) atoms. The van der Waals surface area contributed by atoms with Gasteiger partial charge in [-0.3, -0.25) is 0 Å². The minimum atomic E-state index is 0.790. The number of hydrogen-bond acceptors (Lipinski definition) is 3. The molecule has 2 N–H and O–H groups in total. The third-order valence-corrected chi connectivity index (χ3v) is 2.81. The molecule has 0 fully saturated rings. The molecule has 0 heterocycles. The molecule has 0 saturated carbocycles. The Morgan fingerprint density at radius 1 is 1.25 bits per heavy atom. The van der Waals surface area contributed by atoms with E-state index in [1.165, 1.54) is 5.56 Å². The summed E-state index contributed by atoms with van der Waals surface area (Å²) in [4.78, 5) is 2.37. The number of nitrogens with two attached hydrogens (primary N) is 1. The van der Waals surface area contributed by atoms with Gasteiger partial charge in [0, 0.05) is 25.9 Å². The second kappa shape index (κ2) is 7.25. The van der Waals surface area contributed by atoms with Gasteiger partial charge in [0.1, 0.15) is 0 Å². The number of hydrogen-bond donors (Lipinski definition) is 1. The quantitative estimate of drug-likeness (QED) is 0.715. The third kappa shape index (κ3) is 4.21. The van der Waals surface area contributed by atoms with Crippen molar-refractivity contribution in [3.05, 3.63) is 29.8 Å². The molecule has 0 amide bonds. The Labute approximate surface area is 98.2 Å². The average molecular weight is 222 g/mol. The molecule has 0 saturated heterocycles. The van der Waals surface area contributed by atoms with Gasteiger partial charge in [0.2, 0.25) is 0 Å². The van der Waals surface area contributed by atoms with E-state index in [4.69, 9.17) is 10.5 Å². The van der Waals surface area contributed by atoms with Crippen LogP contribution in [0.15, 0.2) is 24.3 Å². The van der Waals surface area contributed by atoms with Gasteiger partial charge in [-0.1, -0.05) is 25.1 Å². The van der Waals surface area contributed by atoms with Crippen LogP contribution < -0.4 is 5.73 Å². The van der Waals surface area contributed by atoms with E-state index in [0.717, 1.165) is 38.3 Å². The van der Waals surface area contributed by atoms with Crippen LogP contribution >= 0.6 is 0 Å². The molecule has 0 aromatic heterocycles. The Balaban J connectivity index is 2.40. The number of benzene rings is 1. The van der Waals surface area contributed by atoms with Gasteiger partial charge in [-0.05, 0) is 24.6 Å². The van der Waals surface area contributed by atoms with Gasteiger partial charge in [-0.25, -0.2) is 0 Å². The Hall–Kier alpha value is -1.06. The zero-order chi connectivity index (χ0) is 11.8. The Morgan fingerprint density at radius 3 is 2.62 bits per heavy atom. The highest BCUT2D eigenvalue weighted by molar-refractivity contribution is 5.46. The number of nitrogen functional groups attached to an aromatic ring is 1. The van der Waals surface area contributed by atoms with Crippen LogP contribution in [0.1, 0.15) is 12.5 Å². The van der Waals surface area contributed by atoms with Crippen molar-refractivity contribution in [1.29, 1.82) is 0 Å². The molecule has 0 unspecified atom stereocenters. The molecular formula is C13H22N2O. The Bertz CT molecular complexity index is 302. The maximum absolute atomic E-state index is 5.91. The molecule has 0 aliphatic rings.